The summed E-state index contributed by atoms with van der Waals surface area (Å²) >= 11 is 0. The number of hydrogen-bond donors (Lipinski definition) is 0. The van der Waals surface area contributed by atoms with Gasteiger partial charge in [0.15, 0.2) is 0 Å². The number of tetrazole rings is 1. The first-order valence-corrected chi connectivity index (χ1v) is 4.50. The van der Waals surface area contributed by atoms with Crippen LogP contribution in [0.4, 0.5) is 0 Å². The van der Waals surface area contributed by atoms with E-state index >= 15 is 0 Å². The van der Waals surface area contributed by atoms with Gasteiger partial charge in [-0.25, -0.2) is 0 Å². The quantitative estimate of drug-likeness (QED) is 0.716. The largest absolute Gasteiger partial charge is 0.204 e. The third-order valence-corrected chi connectivity index (χ3v) is 1.95. The van der Waals surface area contributed by atoms with Gasteiger partial charge in [-0.1, -0.05) is 24.3 Å². The number of nitrogens with zero attached hydrogens (tertiary/aromatic N) is 4. The third-order valence-electron chi connectivity index (χ3n) is 1.95. The first-order chi connectivity index (χ1) is 6.79. The molecule has 1 radical (unpaired) electrons. The van der Waals surface area contributed by atoms with Crippen molar-refractivity contribution >= 4 is 0 Å². The van der Waals surface area contributed by atoms with E-state index in [1.807, 2.05) is 31.2 Å². The molecule has 0 N–H and O–H groups in total. The highest BCUT2D eigenvalue weighted by atomic mass is 15.6. The Hall–Kier alpha value is -1.71. The van der Waals surface area contributed by atoms with Gasteiger partial charge in [0.25, 0.3) is 0 Å². The maximum Gasteiger partial charge on any atom is 0.204 e. The number of aryl methyl sites for hydroxylation is 1. The number of hydrogen-bond acceptors (Lipinski definition) is 3. The van der Waals surface area contributed by atoms with Gasteiger partial charge in [0.1, 0.15) is 0 Å². The van der Waals surface area contributed by atoms with Crippen molar-refractivity contribution in [1.82, 2.24) is 20.2 Å². The summed E-state index contributed by atoms with van der Waals surface area (Å²) in [5, 5.41) is 12.0. The summed E-state index contributed by atoms with van der Waals surface area (Å²) in [6.45, 7) is 6.53. The Morgan fingerprint density at radius 3 is 2.57 bits per heavy atom. The number of rotatable bonds is 2. The SMILES string of the molecule is [CH2]c1ccc(-c2nnn(CC)n2)cc1. The highest BCUT2D eigenvalue weighted by Crippen LogP contribution is 2.13. The van der Waals surface area contributed by atoms with Crippen LogP contribution in [-0.2, 0) is 6.54 Å². The highest BCUT2D eigenvalue weighted by Gasteiger charge is 2.03. The Bertz CT molecular complexity index is 416. The van der Waals surface area contributed by atoms with Gasteiger partial charge in [-0.3, -0.25) is 0 Å². The summed E-state index contributed by atoms with van der Waals surface area (Å²) in [5.74, 6) is 0.659. The Morgan fingerprint density at radius 2 is 2.00 bits per heavy atom. The molecule has 0 saturated heterocycles. The molecule has 0 amide bonds. The van der Waals surface area contributed by atoms with Crippen LogP contribution in [-0.4, -0.2) is 20.2 Å². The van der Waals surface area contributed by atoms with Gasteiger partial charge in [-0.15, -0.1) is 10.2 Å². The summed E-state index contributed by atoms with van der Waals surface area (Å²) in [5.41, 5.74) is 1.95. The molecule has 1 heterocycles. The fourth-order valence-corrected chi connectivity index (χ4v) is 1.15. The smallest absolute Gasteiger partial charge is 0.164 e. The van der Waals surface area contributed by atoms with Crippen molar-refractivity contribution in [2.75, 3.05) is 0 Å². The van der Waals surface area contributed by atoms with Crippen molar-refractivity contribution in [3.05, 3.63) is 36.8 Å². The summed E-state index contributed by atoms with van der Waals surface area (Å²) < 4.78 is 0. The lowest BCUT2D eigenvalue weighted by Crippen LogP contribution is -1.98. The van der Waals surface area contributed by atoms with Crippen molar-refractivity contribution < 1.29 is 0 Å². The minimum absolute atomic E-state index is 0.659. The minimum atomic E-state index is 0.659. The Kier molecular flexibility index (Phi) is 2.26. The standard InChI is InChI=1S/C10H11N4/c1-3-14-12-10(11-13-14)9-6-4-8(2)5-7-9/h4-7H,2-3H2,1H3. The molecule has 0 aliphatic carbocycles. The van der Waals surface area contributed by atoms with Crippen LogP contribution in [0.1, 0.15) is 12.5 Å². The topological polar surface area (TPSA) is 43.6 Å². The van der Waals surface area contributed by atoms with Gasteiger partial charge in [-0.2, -0.15) is 4.80 Å². The van der Waals surface area contributed by atoms with Crippen LogP contribution in [0.15, 0.2) is 24.3 Å². The van der Waals surface area contributed by atoms with Crippen LogP contribution in [0.2, 0.25) is 0 Å². The van der Waals surface area contributed by atoms with Gasteiger partial charge in [-0.05, 0) is 24.6 Å². The molecule has 0 bridgehead atoms. The van der Waals surface area contributed by atoms with Gasteiger partial charge in [0.05, 0.1) is 6.54 Å². The molecule has 1 aromatic heterocycles. The molecule has 2 aromatic rings. The van der Waals surface area contributed by atoms with Crippen LogP contribution in [0.25, 0.3) is 11.4 Å². The summed E-state index contributed by atoms with van der Waals surface area (Å²) in [6, 6.07) is 7.75. The van der Waals surface area contributed by atoms with Crippen LogP contribution in [0.3, 0.4) is 0 Å². The second-order valence-electron chi connectivity index (χ2n) is 3.00. The maximum atomic E-state index is 4.20. The first kappa shape index (κ1) is 8.87. The van der Waals surface area contributed by atoms with E-state index in [2.05, 4.69) is 22.3 Å². The first-order valence-electron chi connectivity index (χ1n) is 4.50. The van der Waals surface area contributed by atoms with Crippen molar-refractivity contribution in [3.63, 3.8) is 0 Å². The van der Waals surface area contributed by atoms with Crippen LogP contribution in [0, 0.1) is 6.92 Å². The van der Waals surface area contributed by atoms with Gasteiger partial charge < -0.3 is 0 Å². The molecule has 0 unspecified atom stereocenters. The Morgan fingerprint density at radius 1 is 1.29 bits per heavy atom. The van der Waals surface area contributed by atoms with E-state index in [-0.39, 0.29) is 0 Å². The van der Waals surface area contributed by atoms with Crippen molar-refractivity contribution in [2.45, 2.75) is 13.5 Å². The fourth-order valence-electron chi connectivity index (χ4n) is 1.15. The monoisotopic (exact) mass is 187 g/mol. The van der Waals surface area contributed by atoms with Gasteiger partial charge >= 0.3 is 0 Å². The lowest BCUT2D eigenvalue weighted by atomic mass is 10.1. The average molecular weight is 187 g/mol. The minimum Gasteiger partial charge on any atom is -0.164 e. The molecule has 14 heavy (non-hydrogen) atoms. The zero-order valence-electron chi connectivity index (χ0n) is 8.01. The molecule has 0 aliphatic heterocycles. The molecule has 0 fully saturated rings. The third kappa shape index (κ3) is 1.64. The van der Waals surface area contributed by atoms with E-state index in [0.29, 0.717) is 5.82 Å². The predicted molar refractivity (Wildman–Crippen MR) is 53.4 cm³/mol. The van der Waals surface area contributed by atoms with Gasteiger partial charge in [0, 0.05) is 5.56 Å². The van der Waals surface area contributed by atoms with Crippen molar-refractivity contribution in [3.8, 4) is 11.4 Å². The number of aromatic nitrogens is 4. The van der Waals surface area contributed by atoms with Crippen LogP contribution >= 0.6 is 0 Å². The van der Waals surface area contributed by atoms with E-state index in [4.69, 9.17) is 0 Å². The molecular weight excluding hydrogens is 176 g/mol. The average Bonchev–Trinajstić information content (AvgIpc) is 2.67. The predicted octanol–water partition coefficient (Wildman–Crippen LogP) is 1.54. The Balaban J connectivity index is 2.34. The Labute approximate surface area is 82.6 Å². The van der Waals surface area contributed by atoms with E-state index < -0.39 is 0 Å². The number of benzene rings is 1. The molecule has 4 heteroatoms. The lowest BCUT2D eigenvalue weighted by molar-refractivity contribution is 0.553. The molecule has 0 atom stereocenters. The summed E-state index contributed by atoms with van der Waals surface area (Å²) in [6.07, 6.45) is 0. The highest BCUT2D eigenvalue weighted by molar-refractivity contribution is 5.54. The summed E-state index contributed by atoms with van der Waals surface area (Å²) in [7, 11) is 0. The molecular formula is C10H11N4. The molecule has 1 aromatic carbocycles. The zero-order chi connectivity index (χ0) is 9.97. The van der Waals surface area contributed by atoms with Crippen LogP contribution in [0.5, 0.6) is 0 Å². The maximum absolute atomic E-state index is 4.20. The van der Waals surface area contributed by atoms with Crippen LogP contribution < -0.4 is 0 Å². The normalized spacial score (nSPS) is 10.4. The van der Waals surface area contributed by atoms with E-state index in [0.717, 1.165) is 17.7 Å². The van der Waals surface area contributed by atoms with Gasteiger partial charge in [0.2, 0.25) is 5.82 Å². The van der Waals surface area contributed by atoms with E-state index in [1.165, 1.54) is 0 Å². The second-order valence-corrected chi connectivity index (χ2v) is 3.00. The molecule has 2 rings (SSSR count). The van der Waals surface area contributed by atoms with E-state index in [1.54, 1.807) is 4.80 Å². The lowest BCUT2D eigenvalue weighted by Gasteiger charge is -1.94. The summed E-state index contributed by atoms with van der Waals surface area (Å²) in [4.78, 5) is 1.56. The fraction of sp³-hybridized carbons (Fsp3) is 0.200. The zero-order valence-corrected chi connectivity index (χ0v) is 8.01. The second kappa shape index (κ2) is 3.57. The van der Waals surface area contributed by atoms with Crippen molar-refractivity contribution in [1.29, 1.82) is 0 Å². The molecule has 71 valence electrons. The molecule has 0 saturated carbocycles. The molecule has 4 nitrogen and oxygen atoms in total. The molecule has 0 aliphatic rings. The molecule has 0 spiro atoms. The van der Waals surface area contributed by atoms with E-state index in [9.17, 15) is 0 Å². The van der Waals surface area contributed by atoms with Crippen molar-refractivity contribution in [2.24, 2.45) is 0 Å².